The zero-order valence-corrected chi connectivity index (χ0v) is 10.1. The van der Waals surface area contributed by atoms with E-state index in [1.807, 2.05) is 0 Å². The molecule has 2 heterocycles. The molecule has 0 radical (unpaired) electrons. The van der Waals surface area contributed by atoms with Crippen molar-refractivity contribution in [3.05, 3.63) is 0 Å². The van der Waals surface area contributed by atoms with Gasteiger partial charge in [0.05, 0.1) is 19.3 Å². The lowest BCUT2D eigenvalue weighted by Gasteiger charge is -2.50. The van der Waals surface area contributed by atoms with Gasteiger partial charge in [-0.25, -0.2) is 0 Å². The van der Waals surface area contributed by atoms with Crippen molar-refractivity contribution in [3.63, 3.8) is 0 Å². The van der Waals surface area contributed by atoms with Gasteiger partial charge in [-0.3, -0.25) is 0 Å². The second-order valence-corrected chi connectivity index (χ2v) is 4.71. The van der Waals surface area contributed by atoms with E-state index in [0.717, 1.165) is 32.9 Å². The van der Waals surface area contributed by atoms with Crippen molar-refractivity contribution in [3.8, 4) is 0 Å². The molecule has 0 aromatic rings. The number of piperidine rings is 1. The van der Waals surface area contributed by atoms with E-state index >= 15 is 0 Å². The Hall–Kier alpha value is -0.120. The molecule has 0 aliphatic carbocycles. The summed E-state index contributed by atoms with van der Waals surface area (Å²) in [5.41, 5.74) is 0. The van der Waals surface area contributed by atoms with Crippen LogP contribution in [0.2, 0.25) is 0 Å². The van der Waals surface area contributed by atoms with Gasteiger partial charge in [-0.1, -0.05) is 6.92 Å². The Morgan fingerprint density at radius 1 is 1.33 bits per heavy atom. The van der Waals surface area contributed by atoms with Gasteiger partial charge in [0.15, 0.2) is 0 Å². The molecular formula is C12H23NO2. The standard InChI is InChI=1S/C12H23NO2/c1-4-13-6-10-7-14-8-11(9(13)3)12(10)15-5-2/h9-12H,4-8H2,1-3H3. The van der Waals surface area contributed by atoms with Gasteiger partial charge in [0.1, 0.15) is 0 Å². The maximum absolute atomic E-state index is 5.91. The number of nitrogens with zero attached hydrogens (tertiary/aromatic N) is 1. The van der Waals surface area contributed by atoms with E-state index in [-0.39, 0.29) is 0 Å². The van der Waals surface area contributed by atoms with E-state index in [4.69, 9.17) is 9.47 Å². The fourth-order valence-corrected chi connectivity index (χ4v) is 3.07. The molecule has 2 rings (SSSR count). The van der Waals surface area contributed by atoms with Gasteiger partial charge in [0, 0.05) is 31.0 Å². The minimum Gasteiger partial charge on any atom is -0.381 e. The van der Waals surface area contributed by atoms with Gasteiger partial charge in [-0.05, 0) is 20.4 Å². The first-order valence-electron chi connectivity index (χ1n) is 6.21. The molecule has 0 N–H and O–H groups in total. The van der Waals surface area contributed by atoms with Crippen LogP contribution in [0.25, 0.3) is 0 Å². The van der Waals surface area contributed by atoms with E-state index < -0.39 is 0 Å². The lowest BCUT2D eigenvalue weighted by molar-refractivity contribution is -0.164. The predicted molar refractivity (Wildman–Crippen MR) is 59.9 cm³/mol. The summed E-state index contributed by atoms with van der Waals surface area (Å²) < 4.78 is 11.6. The van der Waals surface area contributed by atoms with Crippen LogP contribution in [0.3, 0.4) is 0 Å². The molecular weight excluding hydrogens is 190 g/mol. The predicted octanol–water partition coefficient (Wildman–Crippen LogP) is 1.38. The van der Waals surface area contributed by atoms with Crippen molar-refractivity contribution in [1.29, 1.82) is 0 Å². The highest BCUT2D eigenvalue weighted by Crippen LogP contribution is 2.34. The molecule has 3 nitrogen and oxygen atoms in total. The molecule has 0 saturated carbocycles. The number of hydrogen-bond acceptors (Lipinski definition) is 3. The van der Waals surface area contributed by atoms with Crippen LogP contribution in [0, 0.1) is 11.8 Å². The van der Waals surface area contributed by atoms with Crippen LogP contribution in [-0.4, -0.2) is 50.0 Å². The largest absolute Gasteiger partial charge is 0.381 e. The van der Waals surface area contributed by atoms with Gasteiger partial charge >= 0.3 is 0 Å². The highest BCUT2D eigenvalue weighted by Gasteiger charge is 2.44. The first-order valence-corrected chi connectivity index (χ1v) is 6.21. The van der Waals surface area contributed by atoms with Crippen molar-refractivity contribution < 1.29 is 9.47 Å². The molecule has 0 aromatic carbocycles. The average molecular weight is 213 g/mol. The highest BCUT2D eigenvalue weighted by molar-refractivity contribution is 4.94. The van der Waals surface area contributed by atoms with E-state index in [0.29, 0.717) is 24.0 Å². The summed E-state index contributed by atoms with van der Waals surface area (Å²) in [6, 6.07) is 0.600. The fourth-order valence-electron chi connectivity index (χ4n) is 3.07. The van der Waals surface area contributed by atoms with Crippen molar-refractivity contribution in [2.45, 2.75) is 32.9 Å². The Bertz CT molecular complexity index is 210. The molecule has 4 atom stereocenters. The lowest BCUT2D eigenvalue weighted by atomic mass is 9.79. The minimum absolute atomic E-state index is 0.432. The van der Waals surface area contributed by atoms with Crippen LogP contribution in [0.15, 0.2) is 0 Å². The van der Waals surface area contributed by atoms with E-state index in [1.165, 1.54) is 0 Å². The van der Waals surface area contributed by atoms with Gasteiger partial charge in [-0.15, -0.1) is 0 Å². The fraction of sp³-hybridized carbons (Fsp3) is 1.00. The quantitative estimate of drug-likeness (QED) is 0.707. The summed E-state index contributed by atoms with van der Waals surface area (Å²) in [4.78, 5) is 2.56. The monoisotopic (exact) mass is 213 g/mol. The highest BCUT2D eigenvalue weighted by atomic mass is 16.5. The van der Waals surface area contributed by atoms with Crippen LogP contribution in [0.4, 0.5) is 0 Å². The summed E-state index contributed by atoms with van der Waals surface area (Å²) in [6.07, 6.45) is 0.432. The maximum Gasteiger partial charge on any atom is 0.0702 e. The zero-order valence-electron chi connectivity index (χ0n) is 10.1. The minimum atomic E-state index is 0.432. The summed E-state index contributed by atoms with van der Waals surface area (Å²) in [6.45, 7) is 11.5. The van der Waals surface area contributed by atoms with Gasteiger partial charge in [0.25, 0.3) is 0 Å². The molecule has 2 fully saturated rings. The third-order valence-corrected chi connectivity index (χ3v) is 3.96. The van der Waals surface area contributed by atoms with Crippen molar-refractivity contribution in [2.24, 2.45) is 11.8 Å². The third kappa shape index (κ3) is 2.05. The molecule has 2 bridgehead atoms. The topological polar surface area (TPSA) is 21.7 Å². The molecule has 2 aliphatic rings. The van der Waals surface area contributed by atoms with Crippen LogP contribution in [0.5, 0.6) is 0 Å². The molecule has 3 heteroatoms. The molecule has 2 saturated heterocycles. The Morgan fingerprint density at radius 3 is 2.80 bits per heavy atom. The molecule has 4 unspecified atom stereocenters. The Kier molecular flexibility index (Phi) is 3.65. The first kappa shape index (κ1) is 11.4. The number of ether oxygens (including phenoxy) is 2. The normalized spacial score (nSPS) is 41.8. The van der Waals surface area contributed by atoms with E-state index in [9.17, 15) is 0 Å². The van der Waals surface area contributed by atoms with Crippen LogP contribution >= 0.6 is 0 Å². The molecule has 0 aromatic heterocycles. The zero-order chi connectivity index (χ0) is 10.8. The van der Waals surface area contributed by atoms with Crippen molar-refractivity contribution in [2.75, 3.05) is 32.9 Å². The number of hydrogen-bond donors (Lipinski definition) is 0. The number of fused-ring (bicyclic) bond motifs is 2. The number of likely N-dealkylation sites (tertiary alicyclic amines) is 1. The molecule has 15 heavy (non-hydrogen) atoms. The molecule has 0 amide bonds. The second kappa shape index (κ2) is 4.81. The van der Waals surface area contributed by atoms with Crippen LogP contribution < -0.4 is 0 Å². The SMILES string of the molecule is CCOC1C2COCC1C(C)N(CC)C2. The third-order valence-electron chi connectivity index (χ3n) is 3.96. The summed E-state index contributed by atoms with van der Waals surface area (Å²) in [7, 11) is 0. The van der Waals surface area contributed by atoms with Crippen molar-refractivity contribution >= 4 is 0 Å². The Balaban J connectivity index is 2.09. The smallest absolute Gasteiger partial charge is 0.0702 e. The van der Waals surface area contributed by atoms with Crippen LogP contribution in [-0.2, 0) is 9.47 Å². The van der Waals surface area contributed by atoms with Crippen LogP contribution in [0.1, 0.15) is 20.8 Å². The van der Waals surface area contributed by atoms with Crippen molar-refractivity contribution in [1.82, 2.24) is 4.90 Å². The van der Waals surface area contributed by atoms with E-state index in [1.54, 1.807) is 0 Å². The summed E-state index contributed by atoms with van der Waals surface area (Å²) >= 11 is 0. The lowest BCUT2D eigenvalue weighted by Crippen LogP contribution is -2.60. The van der Waals surface area contributed by atoms with E-state index in [2.05, 4.69) is 25.7 Å². The van der Waals surface area contributed by atoms with Gasteiger partial charge < -0.3 is 14.4 Å². The molecule has 2 aliphatic heterocycles. The van der Waals surface area contributed by atoms with Gasteiger partial charge in [-0.2, -0.15) is 0 Å². The maximum atomic E-state index is 5.91. The average Bonchev–Trinajstić information content (AvgIpc) is 2.24. The second-order valence-electron chi connectivity index (χ2n) is 4.71. The van der Waals surface area contributed by atoms with Gasteiger partial charge in [0.2, 0.25) is 0 Å². The Labute approximate surface area is 92.7 Å². The molecule has 88 valence electrons. The Morgan fingerprint density at radius 2 is 2.13 bits per heavy atom. The summed E-state index contributed by atoms with van der Waals surface area (Å²) in [5, 5.41) is 0. The molecule has 0 spiro atoms. The first-order chi connectivity index (χ1) is 7.27. The summed E-state index contributed by atoms with van der Waals surface area (Å²) in [5.74, 6) is 1.15. The number of rotatable bonds is 3.